The number of hydrogen-bond donors (Lipinski definition) is 0. The van der Waals surface area contributed by atoms with Crippen molar-refractivity contribution < 1.29 is 0 Å². The number of piperidine rings is 2. The average molecular weight is 251 g/mol. The van der Waals surface area contributed by atoms with Gasteiger partial charge in [0.2, 0.25) is 0 Å². The van der Waals surface area contributed by atoms with E-state index < -0.39 is 0 Å². The van der Waals surface area contributed by atoms with Gasteiger partial charge in [0.1, 0.15) is 0 Å². The molecule has 3 fully saturated rings. The SMILES string of the molecule is CC1CCCN(C2CN(C3CCN(C)CC3)C2)C1. The molecule has 0 N–H and O–H groups in total. The van der Waals surface area contributed by atoms with Crippen LogP contribution in [-0.2, 0) is 0 Å². The topological polar surface area (TPSA) is 9.72 Å². The summed E-state index contributed by atoms with van der Waals surface area (Å²) in [5, 5.41) is 0. The normalized spacial score (nSPS) is 34.7. The maximum atomic E-state index is 2.76. The zero-order valence-corrected chi connectivity index (χ0v) is 12.1. The maximum absolute atomic E-state index is 2.76. The summed E-state index contributed by atoms with van der Waals surface area (Å²) in [6.07, 6.45) is 5.65. The fourth-order valence-electron chi connectivity index (χ4n) is 3.93. The summed E-state index contributed by atoms with van der Waals surface area (Å²) < 4.78 is 0. The molecule has 0 aromatic rings. The summed E-state index contributed by atoms with van der Waals surface area (Å²) in [5.74, 6) is 0.927. The molecule has 0 aliphatic carbocycles. The van der Waals surface area contributed by atoms with E-state index in [-0.39, 0.29) is 0 Å². The van der Waals surface area contributed by atoms with E-state index in [9.17, 15) is 0 Å². The van der Waals surface area contributed by atoms with Gasteiger partial charge in [-0.2, -0.15) is 0 Å². The van der Waals surface area contributed by atoms with Gasteiger partial charge in [0.05, 0.1) is 0 Å². The lowest BCUT2D eigenvalue weighted by Crippen LogP contribution is -2.64. The second kappa shape index (κ2) is 5.48. The molecular formula is C15H29N3. The highest BCUT2D eigenvalue weighted by molar-refractivity contribution is 4.94. The summed E-state index contributed by atoms with van der Waals surface area (Å²) >= 11 is 0. The van der Waals surface area contributed by atoms with Crippen molar-refractivity contribution in [2.45, 2.75) is 44.7 Å². The standard InChI is InChI=1S/C15H29N3/c1-13-4-3-7-17(10-13)15-11-18(12-15)14-5-8-16(2)9-6-14/h13-15H,3-12H2,1-2H3. The monoisotopic (exact) mass is 251 g/mol. The van der Waals surface area contributed by atoms with Crippen LogP contribution in [0.3, 0.4) is 0 Å². The van der Waals surface area contributed by atoms with Crippen LogP contribution < -0.4 is 0 Å². The van der Waals surface area contributed by atoms with Crippen LogP contribution >= 0.6 is 0 Å². The van der Waals surface area contributed by atoms with Gasteiger partial charge in [0.15, 0.2) is 0 Å². The highest BCUT2D eigenvalue weighted by Gasteiger charge is 2.37. The smallest absolute Gasteiger partial charge is 0.0350 e. The molecular weight excluding hydrogens is 222 g/mol. The molecule has 1 unspecified atom stereocenters. The molecule has 0 spiro atoms. The molecule has 3 heterocycles. The molecule has 104 valence electrons. The van der Waals surface area contributed by atoms with E-state index in [1.807, 2.05) is 0 Å². The van der Waals surface area contributed by atoms with Crippen molar-refractivity contribution in [1.29, 1.82) is 0 Å². The van der Waals surface area contributed by atoms with E-state index in [2.05, 4.69) is 28.7 Å². The largest absolute Gasteiger partial charge is 0.306 e. The molecule has 0 aromatic heterocycles. The molecule has 0 aromatic carbocycles. The molecule has 0 radical (unpaired) electrons. The van der Waals surface area contributed by atoms with E-state index in [1.165, 1.54) is 65.0 Å². The Kier molecular flexibility index (Phi) is 3.92. The van der Waals surface area contributed by atoms with Crippen molar-refractivity contribution in [2.75, 3.05) is 46.3 Å². The zero-order valence-electron chi connectivity index (χ0n) is 12.1. The van der Waals surface area contributed by atoms with Crippen LogP contribution in [0, 0.1) is 5.92 Å². The third-order valence-corrected chi connectivity index (χ3v) is 5.30. The molecule has 0 saturated carbocycles. The summed E-state index contributed by atoms with van der Waals surface area (Å²) in [4.78, 5) is 7.98. The van der Waals surface area contributed by atoms with E-state index >= 15 is 0 Å². The Labute approximate surface area is 112 Å². The highest BCUT2D eigenvalue weighted by atomic mass is 15.3. The quantitative estimate of drug-likeness (QED) is 0.736. The van der Waals surface area contributed by atoms with Gasteiger partial charge in [0, 0.05) is 31.7 Å². The molecule has 0 bridgehead atoms. The van der Waals surface area contributed by atoms with Crippen molar-refractivity contribution >= 4 is 0 Å². The summed E-state index contributed by atoms with van der Waals surface area (Å²) in [7, 11) is 2.25. The second-order valence-corrected chi connectivity index (χ2v) is 6.88. The van der Waals surface area contributed by atoms with E-state index in [1.54, 1.807) is 0 Å². The molecule has 3 aliphatic heterocycles. The second-order valence-electron chi connectivity index (χ2n) is 6.88. The Hall–Kier alpha value is -0.120. The van der Waals surface area contributed by atoms with Crippen LogP contribution in [0.1, 0.15) is 32.6 Å². The Bertz CT molecular complexity index is 267. The molecule has 18 heavy (non-hydrogen) atoms. The fraction of sp³-hybridized carbons (Fsp3) is 1.00. The van der Waals surface area contributed by atoms with Crippen LogP contribution in [0.2, 0.25) is 0 Å². The predicted octanol–water partition coefficient (Wildman–Crippen LogP) is 1.50. The van der Waals surface area contributed by atoms with Gasteiger partial charge in [-0.05, 0) is 58.3 Å². The molecule has 3 saturated heterocycles. The third kappa shape index (κ3) is 2.73. The molecule has 3 rings (SSSR count). The van der Waals surface area contributed by atoms with Gasteiger partial charge in [-0.25, -0.2) is 0 Å². The van der Waals surface area contributed by atoms with Crippen molar-refractivity contribution in [1.82, 2.24) is 14.7 Å². The number of hydrogen-bond acceptors (Lipinski definition) is 3. The average Bonchev–Trinajstić information content (AvgIpc) is 2.30. The Morgan fingerprint density at radius 2 is 1.50 bits per heavy atom. The van der Waals surface area contributed by atoms with Gasteiger partial charge >= 0.3 is 0 Å². The van der Waals surface area contributed by atoms with E-state index in [0.29, 0.717) is 0 Å². The first-order valence-electron chi connectivity index (χ1n) is 7.89. The number of rotatable bonds is 2. The lowest BCUT2D eigenvalue weighted by atomic mass is 9.93. The third-order valence-electron chi connectivity index (χ3n) is 5.30. The van der Waals surface area contributed by atoms with Gasteiger partial charge in [-0.1, -0.05) is 6.92 Å². The lowest BCUT2D eigenvalue weighted by molar-refractivity contribution is -0.0253. The van der Waals surface area contributed by atoms with Crippen LogP contribution in [-0.4, -0.2) is 73.1 Å². The minimum atomic E-state index is 0.882. The summed E-state index contributed by atoms with van der Waals surface area (Å²) in [6, 6.07) is 1.77. The number of likely N-dealkylation sites (tertiary alicyclic amines) is 3. The fourth-order valence-corrected chi connectivity index (χ4v) is 3.93. The summed E-state index contributed by atoms with van der Waals surface area (Å²) in [6.45, 7) is 10.4. The van der Waals surface area contributed by atoms with Crippen molar-refractivity contribution in [3.05, 3.63) is 0 Å². The Balaban J connectivity index is 1.42. The number of nitrogens with zero attached hydrogens (tertiary/aromatic N) is 3. The van der Waals surface area contributed by atoms with Crippen LogP contribution in [0.4, 0.5) is 0 Å². The van der Waals surface area contributed by atoms with E-state index in [0.717, 1.165) is 18.0 Å². The zero-order chi connectivity index (χ0) is 12.5. The molecule has 1 atom stereocenters. The van der Waals surface area contributed by atoms with Crippen molar-refractivity contribution in [2.24, 2.45) is 5.92 Å². The van der Waals surface area contributed by atoms with Gasteiger partial charge in [-0.15, -0.1) is 0 Å². The predicted molar refractivity (Wildman–Crippen MR) is 75.9 cm³/mol. The molecule has 3 aliphatic rings. The lowest BCUT2D eigenvalue weighted by Gasteiger charge is -2.51. The van der Waals surface area contributed by atoms with Crippen molar-refractivity contribution in [3.63, 3.8) is 0 Å². The maximum Gasteiger partial charge on any atom is 0.0350 e. The van der Waals surface area contributed by atoms with Gasteiger partial charge in [0.25, 0.3) is 0 Å². The van der Waals surface area contributed by atoms with Crippen molar-refractivity contribution in [3.8, 4) is 0 Å². The Morgan fingerprint density at radius 3 is 2.17 bits per heavy atom. The molecule has 3 nitrogen and oxygen atoms in total. The highest BCUT2D eigenvalue weighted by Crippen LogP contribution is 2.27. The van der Waals surface area contributed by atoms with Gasteiger partial charge < -0.3 is 4.90 Å². The first-order valence-corrected chi connectivity index (χ1v) is 7.89. The Morgan fingerprint density at radius 1 is 0.778 bits per heavy atom. The minimum Gasteiger partial charge on any atom is -0.306 e. The first kappa shape index (κ1) is 12.9. The van der Waals surface area contributed by atoms with Crippen LogP contribution in [0.15, 0.2) is 0 Å². The summed E-state index contributed by atoms with van der Waals surface area (Å²) in [5.41, 5.74) is 0. The van der Waals surface area contributed by atoms with Crippen LogP contribution in [0.25, 0.3) is 0 Å². The molecule has 0 amide bonds. The van der Waals surface area contributed by atoms with E-state index in [4.69, 9.17) is 0 Å². The van der Waals surface area contributed by atoms with Crippen LogP contribution in [0.5, 0.6) is 0 Å². The molecule has 3 heteroatoms. The first-order chi connectivity index (χ1) is 8.72. The van der Waals surface area contributed by atoms with Gasteiger partial charge in [-0.3, -0.25) is 9.80 Å². The minimum absolute atomic E-state index is 0.882.